The number of aliphatic hydroxyl groups is 1. The van der Waals surface area contributed by atoms with Gasteiger partial charge < -0.3 is 10.1 Å². The van der Waals surface area contributed by atoms with Crippen molar-refractivity contribution in [3.05, 3.63) is 75.3 Å². The van der Waals surface area contributed by atoms with Crippen LogP contribution in [0.1, 0.15) is 16.7 Å². The number of aromatic amines is 1. The van der Waals surface area contributed by atoms with Crippen LogP contribution in [0.2, 0.25) is 0 Å². The van der Waals surface area contributed by atoms with Gasteiger partial charge in [-0.3, -0.25) is 4.79 Å². The van der Waals surface area contributed by atoms with Gasteiger partial charge >= 0.3 is 0 Å². The first kappa shape index (κ1) is 20.2. The van der Waals surface area contributed by atoms with Crippen LogP contribution in [0.15, 0.2) is 52.2 Å². The maximum atomic E-state index is 14.1. The van der Waals surface area contributed by atoms with Crippen molar-refractivity contribution in [2.45, 2.75) is 25.3 Å². The summed E-state index contributed by atoms with van der Waals surface area (Å²) in [4.78, 5) is 14.9. The fraction of sp³-hybridized carbons (Fsp3) is 0.250. The first-order valence-electron chi connectivity index (χ1n) is 8.73. The van der Waals surface area contributed by atoms with Crippen molar-refractivity contribution in [1.29, 1.82) is 0 Å². The van der Waals surface area contributed by atoms with Gasteiger partial charge in [0.25, 0.3) is 5.56 Å². The number of nitrogens with zero attached hydrogens (tertiary/aromatic N) is 1. The monoisotopic (exact) mass is 404 g/mol. The second-order valence-corrected chi connectivity index (χ2v) is 8.49. The zero-order valence-corrected chi connectivity index (χ0v) is 16.4. The molecule has 1 heterocycles. The molecule has 0 bridgehead atoms. The Bertz CT molecular complexity index is 1190. The number of sulfonamides is 1. The Morgan fingerprint density at radius 1 is 1.14 bits per heavy atom. The van der Waals surface area contributed by atoms with E-state index in [1.807, 2.05) is 26.0 Å². The molecule has 0 amide bonds. The summed E-state index contributed by atoms with van der Waals surface area (Å²) in [5, 5.41) is 10.1. The fourth-order valence-electron chi connectivity index (χ4n) is 3.07. The summed E-state index contributed by atoms with van der Waals surface area (Å²) < 4.78 is 40.7. The van der Waals surface area contributed by atoms with Crippen LogP contribution in [0.5, 0.6) is 0 Å². The van der Waals surface area contributed by atoms with Crippen LogP contribution in [0.25, 0.3) is 10.9 Å². The molecule has 3 rings (SSSR count). The quantitative estimate of drug-likeness (QED) is 0.660. The molecule has 2 N–H and O–H groups in total. The van der Waals surface area contributed by atoms with E-state index in [0.717, 1.165) is 33.0 Å². The zero-order chi connectivity index (χ0) is 20.5. The number of aliphatic hydroxyl groups excluding tert-OH is 1. The second-order valence-electron chi connectivity index (χ2n) is 6.59. The Morgan fingerprint density at radius 2 is 1.86 bits per heavy atom. The van der Waals surface area contributed by atoms with E-state index >= 15 is 0 Å². The predicted octanol–water partition coefficient (Wildman–Crippen LogP) is 2.47. The average Bonchev–Trinajstić information content (AvgIpc) is 2.66. The molecule has 148 valence electrons. The molecule has 0 atom stereocenters. The molecule has 0 aliphatic rings. The summed E-state index contributed by atoms with van der Waals surface area (Å²) >= 11 is 0. The van der Waals surface area contributed by atoms with Crippen LogP contribution in [-0.2, 0) is 16.6 Å². The van der Waals surface area contributed by atoms with Gasteiger partial charge in [0.2, 0.25) is 10.0 Å². The fourth-order valence-corrected chi connectivity index (χ4v) is 4.54. The highest BCUT2D eigenvalue weighted by atomic mass is 32.2. The summed E-state index contributed by atoms with van der Waals surface area (Å²) in [5.41, 5.74) is 2.45. The van der Waals surface area contributed by atoms with E-state index < -0.39 is 32.9 Å². The Kier molecular flexibility index (Phi) is 5.64. The minimum absolute atomic E-state index is 0.212. The molecule has 28 heavy (non-hydrogen) atoms. The van der Waals surface area contributed by atoms with E-state index in [-0.39, 0.29) is 18.7 Å². The van der Waals surface area contributed by atoms with Gasteiger partial charge in [-0.25, -0.2) is 12.8 Å². The largest absolute Gasteiger partial charge is 0.395 e. The zero-order valence-electron chi connectivity index (χ0n) is 15.6. The number of aryl methyl sites for hydroxylation is 2. The van der Waals surface area contributed by atoms with E-state index in [1.54, 1.807) is 6.07 Å². The van der Waals surface area contributed by atoms with Gasteiger partial charge in [0.15, 0.2) is 0 Å². The van der Waals surface area contributed by atoms with Gasteiger partial charge in [0, 0.05) is 18.7 Å². The molecule has 2 aromatic carbocycles. The SMILES string of the molecule is Cc1ccc2cc(CN(CCO)S(=O)(=O)c3ccccc3F)c(=O)[nH]c2c1C. The molecule has 1 aromatic heterocycles. The summed E-state index contributed by atoms with van der Waals surface area (Å²) in [6.45, 7) is 2.83. The smallest absolute Gasteiger partial charge is 0.252 e. The molecule has 0 aliphatic heterocycles. The van der Waals surface area contributed by atoms with Crippen molar-refractivity contribution in [3.8, 4) is 0 Å². The highest BCUT2D eigenvalue weighted by molar-refractivity contribution is 7.89. The Morgan fingerprint density at radius 3 is 2.54 bits per heavy atom. The van der Waals surface area contributed by atoms with Crippen LogP contribution in [0.3, 0.4) is 0 Å². The molecule has 0 aliphatic carbocycles. The van der Waals surface area contributed by atoms with Crippen LogP contribution in [-0.4, -0.2) is 36.0 Å². The van der Waals surface area contributed by atoms with Gasteiger partial charge in [0.05, 0.1) is 12.1 Å². The molecule has 0 fully saturated rings. The van der Waals surface area contributed by atoms with E-state index in [9.17, 15) is 22.7 Å². The number of fused-ring (bicyclic) bond motifs is 1. The summed E-state index contributed by atoms with van der Waals surface area (Å²) in [6.07, 6.45) is 0. The number of pyridine rings is 1. The standard InChI is InChI=1S/C20H21FN2O4S/c1-13-7-8-15-11-16(20(25)22-19(15)14(13)2)12-23(9-10-24)28(26,27)18-6-4-3-5-17(18)21/h3-8,11,24H,9-10,12H2,1-2H3,(H,22,25). The van der Waals surface area contributed by atoms with Gasteiger partial charge in [-0.05, 0) is 48.6 Å². The van der Waals surface area contributed by atoms with Gasteiger partial charge in [0.1, 0.15) is 10.7 Å². The number of aromatic nitrogens is 1. The number of hydrogen-bond donors (Lipinski definition) is 2. The van der Waals surface area contributed by atoms with Crippen LogP contribution >= 0.6 is 0 Å². The lowest BCUT2D eigenvalue weighted by Gasteiger charge is -2.21. The van der Waals surface area contributed by atoms with Crippen molar-refractivity contribution >= 4 is 20.9 Å². The highest BCUT2D eigenvalue weighted by Gasteiger charge is 2.28. The Balaban J connectivity index is 2.06. The van der Waals surface area contributed by atoms with Crippen molar-refractivity contribution in [2.75, 3.05) is 13.2 Å². The van der Waals surface area contributed by atoms with Gasteiger partial charge in [-0.15, -0.1) is 0 Å². The normalized spacial score (nSPS) is 12.0. The first-order chi connectivity index (χ1) is 13.3. The first-order valence-corrected chi connectivity index (χ1v) is 10.2. The summed E-state index contributed by atoms with van der Waals surface area (Å²) in [7, 11) is -4.23. The van der Waals surface area contributed by atoms with E-state index in [2.05, 4.69) is 4.98 Å². The molecule has 3 aromatic rings. The number of H-pyrrole nitrogens is 1. The van der Waals surface area contributed by atoms with Gasteiger partial charge in [-0.2, -0.15) is 4.31 Å². The lowest BCUT2D eigenvalue weighted by atomic mass is 10.0. The molecular weight excluding hydrogens is 383 g/mol. The Hall–Kier alpha value is -2.55. The number of rotatable bonds is 6. The maximum Gasteiger partial charge on any atom is 0.252 e. The van der Waals surface area contributed by atoms with Crippen molar-refractivity contribution in [1.82, 2.24) is 9.29 Å². The molecule has 0 saturated heterocycles. The van der Waals surface area contributed by atoms with Crippen molar-refractivity contribution in [2.24, 2.45) is 0 Å². The molecule has 0 unspecified atom stereocenters. The van der Waals surface area contributed by atoms with Crippen molar-refractivity contribution in [3.63, 3.8) is 0 Å². The van der Waals surface area contributed by atoms with Crippen molar-refractivity contribution < 1.29 is 17.9 Å². The lowest BCUT2D eigenvalue weighted by molar-refractivity contribution is 0.250. The highest BCUT2D eigenvalue weighted by Crippen LogP contribution is 2.22. The van der Waals surface area contributed by atoms with Crippen LogP contribution < -0.4 is 5.56 Å². The Labute approximate surface area is 162 Å². The van der Waals surface area contributed by atoms with E-state index in [1.165, 1.54) is 12.1 Å². The number of benzene rings is 2. The second kappa shape index (κ2) is 7.83. The lowest BCUT2D eigenvalue weighted by Crippen LogP contribution is -2.35. The minimum atomic E-state index is -4.23. The molecule has 6 nitrogen and oxygen atoms in total. The number of halogens is 1. The van der Waals surface area contributed by atoms with Crippen LogP contribution in [0, 0.1) is 19.7 Å². The predicted molar refractivity (Wildman–Crippen MR) is 105 cm³/mol. The van der Waals surface area contributed by atoms with Crippen LogP contribution in [0.4, 0.5) is 4.39 Å². The minimum Gasteiger partial charge on any atom is -0.395 e. The third kappa shape index (κ3) is 3.71. The molecular formula is C20H21FN2O4S. The van der Waals surface area contributed by atoms with Gasteiger partial charge in [-0.1, -0.05) is 24.3 Å². The maximum absolute atomic E-state index is 14.1. The van der Waals surface area contributed by atoms with E-state index in [0.29, 0.717) is 5.52 Å². The average molecular weight is 404 g/mol. The molecule has 0 radical (unpaired) electrons. The molecule has 0 spiro atoms. The molecule has 0 saturated carbocycles. The number of hydrogen-bond acceptors (Lipinski definition) is 4. The summed E-state index contributed by atoms with van der Waals surface area (Å²) in [5.74, 6) is -0.885. The third-order valence-corrected chi connectivity index (χ3v) is 6.66. The third-order valence-electron chi connectivity index (χ3n) is 4.78. The van der Waals surface area contributed by atoms with E-state index in [4.69, 9.17) is 0 Å². The number of nitrogens with one attached hydrogen (secondary N) is 1. The summed E-state index contributed by atoms with van der Waals surface area (Å²) in [6, 6.07) is 10.4. The molecule has 8 heteroatoms. The topological polar surface area (TPSA) is 90.5 Å².